The average Bonchev–Trinajstić information content (AvgIpc) is 2.56. The summed E-state index contributed by atoms with van der Waals surface area (Å²) in [7, 11) is 1.47. The molecule has 3 heteroatoms. The van der Waals surface area contributed by atoms with Crippen LogP contribution in [0.4, 0.5) is 0 Å². The predicted molar refractivity (Wildman–Crippen MR) is 84.3 cm³/mol. The molecule has 0 radical (unpaired) electrons. The fourth-order valence-corrected chi connectivity index (χ4v) is 3.22. The Morgan fingerprint density at radius 2 is 2.00 bits per heavy atom. The first-order valence-corrected chi connectivity index (χ1v) is 7.59. The van der Waals surface area contributed by atoms with Crippen LogP contribution in [0.2, 0.25) is 0 Å². The van der Waals surface area contributed by atoms with Crippen LogP contribution in [0, 0.1) is 0 Å². The molecule has 0 unspecified atom stereocenters. The Hall–Kier alpha value is -1.87. The Morgan fingerprint density at radius 3 is 2.71 bits per heavy atom. The van der Waals surface area contributed by atoms with E-state index >= 15 is 0 Å². The number of hydrogen-bond acceptors (Lipinski definition) is 3. The van der Waals surface area contributed by atoms with E-state index in [1.54, 1.807) is 0 Å². The Kier molecular flexibility index (Phi) is 4.20. The lowest BCUT2D eigenvalue weighted by Gasteiger charge is -2.30. The van der Waals surface area contributed by atoms with Crippen LogP contribution in [0.25, 0.3) is 10.8 Å². The van der Waals surface area contributed by atoms with Crippen molar-refractivity contribution in [3.63, 3.8) is 0 Å². The summed E-state index contributed by atoms with van der Waals surface area (Å²) in [6.07, 6.45) is 3.37. The highest BCUT2D eigenvalue weighted by molar-refractivity contribution is 5.86. The topological polar surface area (TPSA) is 38.3 Å². The Morgan fingerprint density at radius 1 is 1.19 bits per heavy atom. The second kappa shape index (κ2) is 6.27. The maximum Gasteiger partial charge on any atom is 0.314 e. The van der Waals surface area contributed by atoms with Crippen molar-refractivity contribution in [3.05, 3.63) is 48.0 Å². The molecule has 0 bridgehead atoms. The number of carbonyl (C=O) groups is 1. The zero-order valence-corrected chi connectivity index (χ0v) is 12.3. The molecule has 2 atom stereocenters. The third-order valence-corrected chi connectivity index (χ3v) is 4.34. The van der Waals surface area contributed by atoms with Crippen LogP contribution in [0.3, 0.4) is 0 Å². The summed E-state index contributed by atoms with van der Waals surface area (Å²) in [5.74, 6) is -0.371. The fraction of sp³-hybridized carbons (Fsp3) is 0.389. The van der Waals surface area contributed by atoms with Crippen LogP contribution in [-0.2, 0) is 9.53 Å². The number of carbonyl (C=O) groups excluding carboxylic acids is 1. The molecule has 0 aromatic heterocycles. The summed E-state index contributed by atoms with van der Waals surface area (Å²) < 4.78 is 5.05. The van der Waals surface area contributed by atoms with Gasteiger partial charge in [-0.05, 0) is 35.7 Å². The standard InChI is InChI=1S/C18H21NO2/c1-21-18(20)17(16-8-4-5-11-19-16)15-10-9-13-6-2-3-7-14(13)12-15/h2-3,6-7,9-10,12,16-17,19H,4-5,8,11H2,1H3/t16-,17+/m0/s1. The van der Waals surface area contributed by atoms with E-state index in [0.717, 1.165) is 18.5 Å². The van der Waals surface area contributed by atoms with Crippen molar-refractivity contribution in [1.29, 1.82) is 0 Å². The molecular weight excluding hydrogens is 262 g/mol. The highest BCUT2D eigenvalue weighted by Crippen LogP contribution is 2.29. The normalized spacial score (nSPS) is 20.1. The summed E-state index contributed by atoms with van der Waals surface area (Å²) in [6, 6.07) is 14.7. The van der Waals surface area contributed by atoms with Crippen molar-refractivity contribution < 1.29 is 9.53 Å². The van der Waals surface area contributed by atoms with Crippen molar-refractivity contribution in [3.8, 4) is 0 Å². The molecule has 1 aliphatic heterocycles. The molecule has 2 aromatic carbocycles. The molecule has 3 rings (SSSR count). The first kappa shape index (κ1) is 14.1. The van der Waals surface area contributed by atoms with E-state index in [0.29, 0.717) is 0 Å². The molecule has 1 fully saturated rings. The number of esters is 1. The van der Waals surface area contributed by atoms with E-state index in [1.165, 1.54) is 30.7 Å². The molecule has 3 nitrogen and oxygen atoms in total. The van der Waals surface area contributed by atoms with Crippen LogP contribution in [0.5, 0.6) is 0 Å². The Balaban J connectivity index is 1.98. The summed E-state index contributed by atoms with van der Waals surface area (Å²) in [5, 5.41) is 5.84. The fourth-order valence-electron chi connectivity index (χ4n) is 3.22. The molecule has 1 saturated heterocycles. The van der Waals surface area contributed by atoms with Crippen LogP contribution < -0.4 is 5.32 Å². The minimum atomic E-state index is -0.222. The number of hydrogen-bond donors (Lipinski definition) is 1. The number of benzene rings is 2. The molecule has 1 N–H and O–H groups in total. The summed E-state index contributed by atoms with van der Waals surface area (Å²) >= 11 is 0. The van der Waals surface area contributed by atoms with Crippen molar-refractivity contribution >= 4 is 16.7 Å². The lowest BCUT2D eigenvalue weighted by Crippen LogP contribution is -2.42. The zero-order chi connectivity index (χ0) is 14.7. The second-order valence-corrected chi connectivity index (χ2v) is 5.66. The van der Waals surface area contributed by atoms with Gasteiger partial charge in [0, 0.05) is 6.04 Å². The maximum absolute atomic E-state index is 12.3. The van der Waals surface area contributed by atoms with Crippen LogP contribution >= 0.6 is 0 Å². The highest BCUT2D eigenvalue weighted by atomic mass is 16.5. The second-order valence-electron chi connectivity index (χ2n) is 5.66. The van der Waals surface area contributed by atoms with E-state index < -0.39 is 0 Å². The molecule has 0 saturated carbocycles. The smallest absolute Gasteiger partial charge is 0.314 e. The highest BCUT2D eigenvalue weighted by Gasteiger charge is 2.31. The van der Waals surface area contributed by atoms with Gasteiger partial charge in [-0.25, -0.2) is 0 Å². The number of methoxy groups -OCH3 is 1. The summed E-state index contributed by atoms with van der Waals surface area (Å²) in [4.78, 5) is 12.3. The van der Waals surface area contributed by atoms with Crippen LogP contribution in [0.1, 0.15) is 30.7 Å². The lowest BCUT2D eigenvalue weighted by atomic mass is 9.85. The van der Waals surface area contributed by atoms with Gasteiger partial charge < -0.3 is 10.1 Å². The molecule has 1 aliphatic rings. The van der Waals surface area contributed by atoms with Crippen LogP contribution in [0.15, 0.2) is 42.5 Å². The van der Waals surface area contributed by atoms with E-state index in [1.807, 2.05) is 12.1 Å². The molecule has 0 spiro atoms. The quantitative estimate of drug-likeness (QED) is 0.879. The van der Waals surface area contributed by atoms with Gasteiger partial charge in [0.15, 0.2) is 0 Å². The van der Waals surface area contributed by atoms with E-state index in [4.69, 9.17) is 4.74 Å². The molecule has 0 aliphatic carbocycles. The Bertz CT molecular complexity index is 632. The minimum Gasteiger partial charge on any atom is -0.469 e. The van der Waals surface area contributed by atoms with E-state index in [-0.39, 0.29) is 17.9 Å². The number of fused-ring (bicyclic) bond motifs is 1. The molecule has 0 amide bonds. The van der Waals surface area contributed by atoms with Gasteiger partial charge in [-0.15, -0.1) is 0 Å². The maximum atomic E-state index is 12.3. The van der Waals surface area contributed by atoms with Crippen LogP contribution in [-0.4, -0.2) is 25.7 Å². The number of nitrogens with one attached hydrogen (secondary N) is 1. The number of piperidine rings is 1. The average molecular weight is 283 g/mol. The number of rotatable bonds is 3. The molecule has 110 valence electrons. The lowest BCUT2D eigenvalue weighted by molar-refractivity contribution is -0.143. The first-order valence-electron chi connectivity index (χ1n) is 7.59. The van der Waals surface area contributed by atoms with Crippen molar-refractivity contribution in [2.24, 2.45) is 0 Å². The molecule has 1 heterocycles. The molecule has 21 heavy (non-hydrogen) atoms. The van der Waals surface area contributed by atoms with Gasteiger partial charge in [0.1, 0.15) is 0 Å². The van der Waals surface area contributed by atoms with Gasteiger partial charge in [-0.3, -0.25) is 4.79 Å². The Labute approximate surface area is 125 Å². The third kappa shape index (κ3) is 2.93. The minimum absolute atomic E-state index is 0.148. The largest absolute Gasteiger partial charge is 0.469 e. The van der Waals surface area contributed by atoms with Gasteiger partial charge in [0.25, 0.3) is 0 Å². The SMILES string of the molecule is COC(=O)[C@H](c1ccc2ccccc2c1)[C@@H]1CCCCN1. The monoisotopic (exact) mass is 283 g/mol. The predicted octanol–water partition coefficient (Wildman–Crippen LogP) is 3.24. The van der Waals surface area contributed by atoms with Gasteiger partial charge in [-0.2, -0.15) is 0 Å². The van der Waals surface area contributed by atoms with Gasteiger partial charge >= 0.3 is 5.97 Å². The van der Waals surface area contributed by atoms with Crippen molar-refractivity contribution in [2.45, 2.75) is 31.2 Å². The van der Waals surface area contributed by atoms with Gasteiger partial charge in [0.05, 0.1) is 13.0 Å². The van der Waals surface area contributed by atoms with Gasteiger partial charge in [-0.1, -0.05) is 48.9 Å². The first-order chi connectivity index (χ1) is 10.3. The van der Waals surface area contributed by atoms with Crippen molar-refractivity contribution in [2.75, 3.05) is 13.7 Å². The molecule has 2 aromatic rings. The van der Waals surface area contributed by atoms with E-state index in [2.05, 4.69) is 35.6 Å². The zero-order valence-electron chi connectivity index (χ0n) is 12.3. The summed E-state index contributed by atoms with van der Waals surface area (Å²) in [5.41, 5.74) is 1.04. The summed E-state index contributed by atoms with van der Waals surface area (Å²) in [6.45, 7) is 0.978. The van der Waals surface area contributed by atoms with Crippen molar-refractivity contribution in [1.82, 2.24) is 5.32 Å². The number of ether oxygens (including phenoxy) is 1. The third-order valence-electron chi connectivity index (χ3n) is 4.34. The molecular formula is C18H21NO2. The van der Waals surface area contributed by atoms with E-state index in [9.17, 15) is 4.79 Å². The van der Waals surface area contributed by atoms with Gasteiger partial charge in [0.2, 0.25) is 0 Å².